The lowest BCUT2D eigenvalue weighted by molar-refractivity contribution is 0.0697. The highest BCUT2D eigenvalue weighted by atomic mass is 16.4. The number of carbonyl (C=O) groups excluding carboxylic acids is 1. The van der Waals surface area contributed by atoms with Gasteiger partial charge < -0.3 is 15.0 Å². The molecule has 6 heteroatoms. The van der Waals surface area contributed by atoms with Crippen molar-refractivity contribution in [3.8, 4) is 0 Å². The van der Waals surface area contributed by atoms with Crippen LogP contribution in [0.3, 0.4) is 0 Å². The summed E-state index contributed by atoms with van der Waals surface area (Å²) < 4.78 is 0. The molecule has 98 valence electrons. The van der Waals surface area contributed by atoms with Gasteiger partial charge in [-0.25, -0.2) is 9.78 Å². The van der Waals surface area contributed by atoms with E-state index in [0.717, 1.165) is 0 Å². The maximum absolute atomic E-state index is 12.1. The van der Waals surface area contributed by atoms with Crippen molar-refractivity contribution in [2.45, 2.75) is 6.54 Å². The first-order valence-electron chi connectivity index (χ1n) is 5.65. The molecule has 2 aromatic rings. The van der Waals surface area contributed by atoms with Gasteiger partial charge >= 0.3 is 5.97 Å². The van der Waals surface area contributed by atoms with E-state index in [1.165, 1.54) is 17.0 Å². The Balaban J connectivity index is 2.14. The Morgan fingerprint density at radius 2 is 2.11 bits per heavy atom. The molecule has 1 amide bonds. The van der Waals surface area contributed by atoms with Gasteiger partial charge in [0.1, 0.15) is 5.82 Å². The molecule has 6 nitrogen and oxygen atoms in total. The fourth-order valence-corrected chi connectivity index (χ4v) is 1.69. The molecule has 19 heavy (non-hydrogen) atoms. The first-order valence-corrected chi connectivity index (χ1v) is 5.65. The van der Waals surface area contributed by atoms with Crippen molar-refractivity contribution in [3.63, 3.8) is 0 Å². The van der Waals surface area contributed by atoms with Crippen LogP contribution in [0.2, 0.25) is 0 Å². The molecule has 0 atom stereocenters. The van der Waals surface area contributed by atoms with Gasteiger partial charge in [0.15, 0.2) is 0 Å². The number of carboxylic acids is 1. The third-order valence-electron chi connectivity index (χ3n) is 2.64. The van der Waals surface area contributed by atoms with Crippen LogP contribution < -0.4 is 0 Å². The molecule has 1 aromatic heterocycles. The Kier molecular flexibility index (Phi) is 3.61. The number of hydrogen-bond donors (Lipinski definition) is 2. The number of H-pyrrole nitrogens is 1. The minimum atomic E-state index is -1.05. The van der Waals surface area contributed by atoms with Crippen LogP contribution in [0.1, 0.15) is 26.5 Å². The molecule has 0 radical (unpaired) electrons. The average molecular weight is 259 g/mol. The number of aromatic amines is 1. The summed E-state index contributed by atoms with van der Waals surface area (Å²) in [5.74, 6) is -0.631. The van der Waals surface area contributed by atoms with E-state index in [9.17, 15) is 9.59 Å². The van der Waals surface area contributed by atoms with Crippen LogP contribution in [0, 0.1) is 0 Å². The largest absolute Gasteiger partial charge is 0.478 e. The summed E-state index contributed by atoms with van der Waals surface area (Å²) in [5.41, 5.74) is 0.436. The minimum Gasteiger partial charge on any atom is -0.478 e. The molecule has 1 heterocycles. The number of benzene rings is 1. The van der Waals surface area contributed by atoms with Crippen LogP contribution in [0.5, 0.6) is 0 Å². The van der Waals surface area contributed by atoms with Crippen LogP contribution in [0.25, 0.3) is 0 Å². The number of amides is 1. The number of imidazole rings is 1. The average Bonchev–Trinajstić information content (AvgIpc) is 2.90. The van der Waals surface area contributed by atoms with Crippen molar-refractivity contribution in [1.29, 1.82) is 0 Å². The number of aromatic nitrogens is 2. The van der Waals surface area contributed by atoms with Crippen molar-refractivity contribution in [2.24, 2.45) is 0 Å². The van der Waals surface area contributed by atoms with Gasteiger partial charge in [0.05, 0.1) is 12.1 Å². The molecule has 0 aliphatic heterocycles. The standard InChI is InChI=1S/C13H13N3O3/c1-16(8-11-14-5-6-15-11)12(17)9-3-2-4-10(7-9)13(18)19/h2-7H,8H2,1H3,(H,14,15)(H,18,19). The van der Waals surface area contributed by atoms with Crippen molar-refractivity contribution in [3.05, 3.63) is 53.6 Å². The molecule has 0 aliphatic rings. The Labute approximate surface area is 109 Å². The zero-order valence-corrected chi connectivity index (χ0v) is 10.3. The molecule has 2 N–H and O–H groups in total. The molecule has 0 fully saturated rings. The topological polar surface area (TPSA) is 86.3 Å². The minimum absolute atomic E-state index is 0.0947. The highest BCUT2D eigenvalue weighted by molar-refractivity contribution is 5.97. The highest BCUT2D eigenvalue weighted by Crippen LogP contribution is 2.09. The summed E-state index contributed by atoms with van der Waals surface area (Å²) in [4.78, 5) is 31.4. The molecule has 0 spiro atoms. The molecule has 1 aromatic carbocycles. The lowest BCUT2D eigenvalue weighted by Crippen LogP contribution is -2.26. The van der Waals surface area contributed by atoms with Crippen LogP contribution >= 0.6 is 0 Å². The maximum Gasteiger partial charge on any atom is 0.335 e. The summed E-state index contributed by atoms with van der Waals surface area (Å²) in [6, 6.07) is 5.96. The Morgan fingerprint density at radius 3 is 2.74 bits per heavy atom. The summed E-state index contributed by atoms with van der Waals surface area (Å²) in [6.07, 6.45) is 3.29. The summed E-state index contributed by atoms with van der Waals surface area (Å²) >= 11 is 0. The van der Waals surface area contributed by atoms with Gasteiger partial charge in [-0.3, -0.25) is 4.79 Å². The summed E-state index contributed by atoms with van der Waals surface area (Å²) in [7, 11) is 1.64. The number of nitrogens with one attached hydrogen (secondary N) is 1. The molecule has 0 saturated heterocycles. The van der Waals surface area contributed by atoms with Crippen molar-refractivity contribution >= 4 is 11.9 Å². The fraction of sp³-hybridized carbons (Fsp3) is 0.154. The molecule has 0 unspecified atom stereocenters. The van der Waals surface area contributed by atoms with Gasteiger partial charge in [-0.15, -0.1) is 0 Å². The first-order chi connectivity index (χ1) is 9.08. The number of carbonyl (C=O) groups is 2. The van der Waals surface area contributed by atoms with E-state index in [0.29, 0.717) is 17.9 Å². The molecule has 0 bridgehead atoms. The number of hydrogen-bond acceptors (Lipinski definition) is 3. The van der Waals surface area contributed by atoms with E-state index in [2.05, 4.69) is 9.97 Å². The predicted molar refractivity (Wildman–Crippen MR) is 67.8 cm³/mol. The fourth-order valence-electron chi connectivity index (χ4n) is 1.69. The number of carboxylic acid groups (broad SMARTS) is 1. The molecule has 0 aliphatic carbocycles. The van der Waals surface area contributed by atoms with Crippen molar-refractivity contribution in [2.75, 3.05) is 7.05 Å². The van der Waals surface area contributed by atoms with E-state index in [1.807, 2.05) is 0 Å². The van der Waals surface area contributed by atoms with Crippen molar-refractivity contribution < 1.29 is 14.7 Å². The molecular weight excluding hydrogens is 246 g/mol. The second kappa shape index (κ2) is 5.34. The van der Waals surface area contributed by atoms with Gasteiger partial charge in [0, 0.05) is 25.0 Å². The van der Waals surface area contributed by atoms with E-state index in [1.54, 1.807) is 31.6 Å². The predicted octanol–water partition coefficient (Wildman–Crippen LogP) is 1.38. The van der Waals surface area contributed by atoms with Gasteiger partial charge in [-0.1, -0.05) is 6.07 Å². The smallest absolute Gasteiger partial charge is 0.335 e. The second-order valence-corrected chi connectivity index (χ2v) is 4.08. The molecule has 0 saturated carbocycles. The van der Waals surface area contributed by atoms with E-state index in [-0.39, 0.29) is 11.5 Å². The Hall–Kier alpha value is -2.63. The summed E-state index contributed by atoms with van der Waals surface area (Å²) in [6.45, 7) is 0.336. The zero-order chi connectivity index (χ0) is 13.8. The maximum atomic E-state index is 12.1. The lowest BCUT2D eigenvalue weighted by atomic mass is 10.1. The number of aromatic carboxylic acids is 1. The monoisotopic (exact) mass is 259 g/mol. The number of rotatable bonds is 4. The third kappa shape index (κ3) is 2.98. The van der Waals surface area contributed by atoms with Crippen molar-refractivity contribution in [1.82, 2.24) is 14.9 Å². The third-order valence-corrected chi connectivity index (χ3v) is 2.64. The SMILES string of the molecule is CN(Cc1ncc[nH]1)C(=O)c1cccc(C(=O)O)c1. The quantitative estimate of drug-likeness (QED) is 0.868. The molecular formula is C13H13N3O3. The first kappa shape index (κ1) is 12.8. The van der Waals surface area contributed by atoms with Crippen LogP contribution in [-0.2, 0) is 6.54 Å². The summed E-state index contributed by atoms with van der Waals surface area (Å²) in [5, 5.41) is 8.90. The van der Waals surface area contributed by atoms with Gasteiger partial charge in [0.25, 0.3) is 5.91 Å². The van der Waals surface area contributed by atoms with Crippen LogP contribution in [0.4, 0.5) is 0 Å². The molecule has 2 rings (SSSR count). The van der Waals surface area contributed by atoms with E-state index < -0.39 is 5.97 Å². The second-order valence-electron chi connectivity index (χ2n) is 4.08. The Morgan fingerprint density at radius 1 is 1.37 bits per heavy atom. The van der Waals surface area contributed by atoms with E-state index >= 15 is 0 Å². The van der Waals surface area contributed by atoms with Crippen LogP contribution in [-0.4, -0.2) is 38.9 Å². The Bertz CT molecular complexity index is 593. The van der Waals surface area contributed by atoms with E-state index in [4.69, 9.17) is 5.11 Å². The van der Waals surface area contributed by atoms with Crippen LogP contribution in [0.15, 0.2) is 36.7 Å². The number of nitrogens with zero attached hydrogens (tertiary/aromatic N) is 2. The highest BCUT2D eigenvalue weighted by Gasteiger charge is 2.14. The lowest BCUT2D eigenvalue weighted by Gasteiger charge is -2.15. The van der Waals surface area contributed by atoms with Gasteiger partial charge in [-0.05, 0) is 18.2 Å². The van der Waals surface area contributed by atoms with Gasteiger partial charge in [0.2, 0.25) is 0 Å². The van der Waals surface area contributed by atoms with Gasteiger partial charge in [-0.2, -0.15) is 0 Å². The zero-order valence-electron chi connectivity index (χ0n) is 10.3. The normalized spacial score (nSPS) is 10.2.